The summed E-state index contributed by atoms with van der Waals surface area (Å²) in [4.78, 5) is 12.8. The summed E-state index contributed by atoms with van der Waals surface area (Å²) in [7, 11) is -4.04. The number of nitrogens with zero attached hydrogens (tertiary/aromatic N) is 1. The standard InChI is InChI=1S/C26H34FNO4S2/c1-4-6-11-22-25(33-16-7-5-2)23(26(29)30)24(19-9-8-10-20(27)17-19)28(22)34(31,32)21-14-12-18(3)13-15-21/h8-10,12-15,17,22-25H,4-7,11,16H2,1-3H3,(H,29,30)/t22-,23+,24?,25-/m1/s1. The molecule has 0 saturated carbocycles. The Balaban J connectivity index is 2.21. The molecule has 186 valence electrons. The molecule has 8 heteroatoms. The highest BCUT2D eigenvalue weighted by atomic mass is 32.2. The molecular formula is C26H34FNO4S2. The Morgan fingerprint density at radius 2 is 1.76 bits per heavy atom. The summed E-state index contributed by atoms with van der Waals surface area (Å²) in [6, 6.07) is 10.8. The van der Waals surface area contributed by atoms with Gasteiger partial charge in [0.2, 0.25) is 10.0 Å². The number of carboxylic acid groups (broad SMARTS) is 1. The van der Waals surface area contributed by atoms with Crippen molar-refractivity contribution in [3.05, 3.63) is 65.5 Å². The zero-order valence-corrected chi connectivity index (χ0v) is 21.6. The predicted octanol–water partition coefficient (Wildman–Crippen LogP) is 6.04. The first-order valence-electron chi connectivity index (χ1n) is 11.9. The van der Waals surface area contributed by atoms with Crippen LogP contribution in [-0.4, -0.2) is 40.8 Å². The van der Waals surface area contributed by atoms with Gasteiger partial charge >= 0.3 is 5.97 Å². The maximum Gasteiger partial charge on any atom is 0.309 e. The molecule has 0 aromatic heterocycles. The first kappa shape index (κ1) is 26.7. The number of halogens is 1. The van der Waals surface area contributed by atoms with Crippen molar-refractivity contribution in [3.63, 3.8) is 0 Å². The lowest BCUT2D eigenvalue weighted by Gasteiger charge is -2.31. The number of sulfonamides is 1. The summed E-state index contributed by atoms with van der Waals surface area (Å²) in [5, 5.41) is 9.92. The molecule has 1 aliphatic rings. The number of rotatable bonds is 11. The van der Waals surface area contributed by atoms with Gasteiger partial charge in [0.15, 0.2) is 0 Å². The number of hydrogen-bond donors (Lipinski definition) is 1. The topological polar surface area (TPSA) is 74.7 Å². The second-order valence-corrected chi connectivity index (χ2v) is 12.0. The lowest BCUT2D eigenvalue weighted by atomic mass is 9.92. The van der Waals surface area contributed by atoms with Gasteiger partial charge in [0.1, 0.15) is 5.82 Å². The first-order chi connectivity index (χ1) is 16.2. The number of carbonyl (C=O) groups is 1. The third kappa shape index (κ3) is 5.66. The van der Waals surface area contributed by atoms with E-state index >= 15 is 0 Å². The molecule has 0 bridgehead atoms. The van der Waals surface area contributed by atoms with Crippen LogP contribution in [0.25, 0.3) is 0 Å². The van der Waals surface area contributed by atoms with Crippen LogP contribution in [0.2, 0.25) is 0 Å². The minimum Gasteiger partial charge on any atom is -0.481 e. The van der Waals surface area contributed by atoms with E-state index in [0.717, 1.165) is 37.0 Å². The average molecular weight is 508 g/mol. The van der Waals surface area contributed by atoms with Gasteiger partial charge in [-0.1, -0.05) is 62.9 Å². The van der Waals surface area contributed by atoms with Crippen LogP contribution in [0.1, 0.15) is 63.1 Å². The van der Waals surface area contributed by atoms with Crippen molar-refractivity contribution in [2.75, 3.05) is 5.75 Å². The minimum atomic E-state index is -4.04. The summed E-state index contributed by atoms with van der Waals surface area (Å²) >= 11 is 1.54. The van der Waals surface area contributed by atoms with Crippen LogP contribution < -0.4 is 0 Å². The molecule has 1 unspecified atom stereocenters. The Labute approximate surface area is 206 Å². The fraction of sp³-hybridized carbons (Fsp3) is 0.500. The number of hydrogen-bond acceptors (Lipinski definition) is 4. The Bertz CT molecular complexity index is 1070. The number of carboxylic acids is 1. The van der Waals surface area contributed by atoms with E-state index in [4.69, 9.17) is 0 Å². The van der Waals surface area contributed by atoms with Crippen LogP contribution in [0.5, 0.6) is 0 Å². The number of aliphatic carboxylic acids is 1. The fourth-order valence-electron chi connectivity index (χ4n) is 4.69. The van der Waals surface area contributed by atoms with E-state index in [2.05, 4.69) is 6.92 Å². The zero-order valence-electron chi connectivity index (χ0n) is 20.0. The normalized spacial score (nSPS) is 23.3. The second-order valence-electron chi connectivity index (χ2n) is 8.91. The van der Waals surface area contributed by atoms with Gasteiger partial charge < -0.3 is 5.11 Å². The van der Waals surface area contributed by atoms with Gasteiger partial charge in [-0.05, 0) is 55.3 Å². The molecule has 34 heavy (non-hydrogen) atoms. The van der Waals surface area contributed by atoms with Crippen LogP contribution in [0.3, 0.4) is 0 Å². The molecule has 1 aliphatic heterocycles. The summed E-state index contributed by atoms with van der Waals surface area (Å²) in [5.74, 6) is -1.79. The van der Waals surface area contributed by atoms with E-state index < -0.39 is 45.1 Å². The highest BCUT2D eigenvalue weighted by Crippen LogP contribution is 2.50. The van der Waals surface area contributed by atoms with E-state index in [1.54, 1.807) is 42.1 Å². The van der Waals surface area contributed by atoms with Gasteiger partial charge in [0, 0.05) is 11.3 Å². The van der Waals surface area contributed by atoms with E-state index in [1.807, 2.05) is 13.8 Å². The lowest BCUT2D eigenvalue weighted by Crippen LogP contribution is -2.40. The van der Waals surface area contributed by atoms with Crippen molar-refractivity contribution in [1.29, 1.82) is 0 Å². The Hall–Kier alpha value is -1.90. The minimum absolute atomic E-state index is 0.129. The first-order valence-corrected chi connectivity index (χ1v) is 14.4. The van der Waals surface area contributed by atoms with E-state index in [9.17, 15) is 22.7 Å². The fourth-order valence-corrected chi connectivity index (χ4v) is 8.33. The van der Waals surface area contributed by atoms with Gasteiger partial charge in [0.05, 0.1) is 16.9 Å². The van der Waals surface area contributed by atoms with Gasteiger partial charge in [-0.3, -0.25) is 4.79 Å². The van der Waals surface area contributed by atoms with Gasteiger partial charge in [0.25, 0.3) is 0 Å². The predicted molar refractivity (Wildman–Crippen MR) is 135 cm³/mol. The van der Waals surface area contributed by atoms with Crippen molar-refractivity contribution in [1.82, 2.24) is 4.31 Å². The van der Waals surface area contributed by atoms with E-state index in [0.29, 0.717) is 12.0 Å². The molecule has 2 aromatic rings. The Morgan fingerprint density at radius 3 is 2.35 bits per heavy atom. The SMILES string of the molecule is CCCCS[C@@H]1[C@@H](CCCC)N(S(=O)(=O)c2ccc(C)cc2)C(c2cccc(F)c2)[C@@H]1C(=O)O. The monoisotopic (exact) mass is 507 g/mol. The summed E-state index contributed by atoms with van der Waals surface area (Å²) in [6.45, 7) is 5.99. The Kier molecular flexibility index (Phi) is 9.18. The molecule has 0 amide bonds. The van der Waals surface area contributed by atoms with Crippen LogP contribution in [-0.2, 0) is 14.8 Å². The molecule has 4 atom stereocenters. The largest absolute Gasteiger partial charge is 0.481 e. The number of thioether (sulfide) groups is 1. The van der Waals surface area contributed by atoms with E-state index in [1.165, 1.54) is 22.5 Å². The highest BCUT2D eigenvalue weighted by molar-refractivity contribution is 8.00. The smallest absolute Gasteiger partial charge is 0.309 e. The molecule has 0 aliphatic carbocycles. The van der Waals surface area contributed by atoms with Gasteiger partial charge in [-0.25, -0.2) is 12.8 Å². The maximum absolute atomic E-state index is 14.3. The molecule has 1 fully saturated rings. The summed E-state index contributed by atoms with van der Waals surface area (Å²) in [5.41, 5.74) is 1.31. The van der Waals surface area contributed by atoms with Crippen molar-refractivity contribution >= 4 is 27.8 Å². The van der Waals surface area contributed by atoms with Gasteiger partial charge in [-0.2, -0.15) is 16.1 Å². The maximum atomic E-state index is 14.3. The molecule has 2 aromatic carbocycles. The molecule has 1 saturated heterocycles. The highest BCUT2D eigenvalue weighted by Gasteiger charge is 2.57. The molecule has 5 nitrogen and oxygen atoms in total. The summed E-state index contributed by atoms with van der Waals surface area (Å²) < 4.78 is 43.8. The average Bonchev–Trinajstić information content (AvgIpc) is 3.13. The second kappa shape index (κ2) is 11.7. The molecule has 1 heterocycles. The van der Waals surface area contributed by atoms with Gasteiger partial charge in [-0.15, -0.1) is 0 Å². The molecular weight excluding hydrogens is 473 g/mol. The van der Waals surface area contributed by atoms with E-state index in [-0.39, 0.29) is 4.90 Å². The van der Waals surface area contributed by atoms with Crippen molar-refractivity contribution in [2.45, 2.75) is 75.1 Å². The van der Waals surface area contributed by atoms with Crippen molar-refractivity contribution in [3.8, 4) is 0 Å². The van der Waals surface area contributed by atoms with Crippen LogP contribution in [0.4, 0.5) is 4.39 Å². The molecule has 0 radical (unpaired) electrons. The third-order valence-corrected chi connectivity index (χ3v) is 9.85. The molecule has 3 rings (SSSR count). The Morgan fingerprint density at radius 1 is 1.09 bits per heavy atom. The van der Waals surface area contributed by atoms with Crippen molar-refractivity contribution in [2.24, 2.45) is 5.92 Å². The van der Waals surface area contributed by atoms with Crippen LogP contribution in [0.15, 0.2) is 53.4 Å². The zero-order chi connectivity index (χ0) is 24.9. The lowest BCUT2D eigenvalue weighted by molar-refractivity contribution is -0.142. The number of benzene rings is 2. The molecule has 1 N–H and O–H groups in total. The van der Waals surface area contributed by atoms with Crippen LogP contribution in [0, 0.1) is 18.7 Å². The van der Waals surface area contributed by atoms with Crippen molar-refractivity contribution < 1.29 is 22.7 Å². The quantitative estimate of drug-likeness (QED) is 0.375. The number of unbranched alkanes of at least 4 members (excludes halogenated alkanes) is 2. The van der Waals surface area contributed by atoms with Crippen LogP contribution >= 0.6 is 11.8 Å². The third-order valence-electron chi connectivity index (χ3n) is 6.41. The number of aryl methyl sites for hydroxylation is 1. The summed E-state index contributed by atoms with van der Waals surface area (Å²) in [6.07, 6.45) is 4.08. The molecule has 0 spiro atoms.